The predicted octanol–water partition coefficient (Wildman–Crippen LogP) is 5.22. The summed E-state index contributed by atoms with van der Waals surface area (Å²) in [7, 11) is 0. The molecule has 174 valence electrons. The molecule has 11 heteroatoms. The fourth-order valence-electron chi connectivity index (χ4n) is 3.06. The SMILES string of the molecule is Cc1nc(Oc2ccc(NC(=O)c3ccc(OC(F)(F)F)cc3)cc2)cc(-n2ccnc2C)n1. The average molecular weight is 469 g/mol. The minimum absolute atomic E-state index is 0.175. The molecule has 0 saturated heterocycles. The zero-order chi connectivity index (χ0) is 24.3. The lowest BCUT2D eigenvalue weighted by Gasteiger charge is -2.11. The summed E-state index contributed by atoms with van der Waals surface area (Å²) in [5.41, 5.74) is 0.648. The zero-order valence-corrected chi connectivity index (χ0v) is 18.0. The van der Waals surface area contributed by atoms with Crippen LogP contribution in [-0.4, -0.2) is 31.8 Å². The molecule has 1 N–H and O–H groups in total. The summed E-state index contributed by atoms with van der Waals surface area (Å²) in [5.74, 6) is 1.85. The Labute approximate surface area is 192 Å². The number of carbonyl (C=O) groups is 1. The van der Waals surface area contributed by atoms with Crippen molar-refractivity contribution in [3.05, 3.63) is 84.2 Å². The Balaban J connectivity index is 1.41. The van der Waals surface area contributed by atoms with Crippen molar-refractivity contribution in [2.45, 2.75) is 20.2 Å². The molecule has 0 aliphatic carbocycles. The van der Waals surface area contributed by atoms with E-state index in [2.05, 4.69) is 25.0 Å². The average Bonchev–Trinajstić information content (AvgIpc) is 3.20. The quantitative estimate of drug-likeness (QED) is 0.416. The van der Waals surface area contributed by atoms with Crippen LogP contribution in [0.5, 0.6) is 17.4 Å². The van der Waals surface area contributed by atoms with Gasteiger partial charge in [0, 0.05) is 29.7 Å². The summed E-state index contributed by atoms with van der Waals surface area (Å²) >= 11 is 0. The number of hydrogen-bond donors (Lipinski definition) is 1. The fourth-order valence-corrected chi connectivity index (χ4v) is 3.06. The smallest absolute Gasteiger partial charge is 0.439 e. The van der Waals surface area contributed by atoms with E-state index in [0.29, 0.717) is 29.0 Å². The number of imidazole rings is 1. The Morgan fingerprint density at radius 2 is 1.65 bits per heavy atom. The number of aryl methyl sites for hydroxylation is 2. The molecule has 0 spiro atoms. The third-order valence-corrected chi connectivity index (χ3v) is 4.56. The van der Waals surface area contributed by atoms with Gasteiger partial charge in [0.2, 0.25) is 5.88 Å². The molecule has 2 aromatic heterocycles. The predicted molar refractivity (Wildman–Crippen MR) is 116 cm³/mol. The number of nitrogens with zero attached hydrogens (tertiary/aromatic N) is 4. The summed E-state index contributed by atoms with van der Waals surface area (Å²) in [6.07, 6.45) is -1.34. The monoisotopic (exact) mass is 469 g/mol. The van der Waals surface area contributed by atoms with Gasteiger partial charge in [-0.2, -0.15) is 4.98 Å². The highest BCUT2D eigenvalue weighted by Crippen LogP contribution is 2.25. The van der Waals surface area contributed by atoms with Crippen molar-refractivity contribution >= 4 is 11.6 Å². The van der Waals surface area contributed by atoms with E-state index in [1.807, 2.05) is 11.5 Å². The molecule has 4 aromatic rings. The van der Waals surface area contributed by atoms with E-state index in [-0.39, 0.29) is 5.56 Å². The number of alkyl halides is 3. The normalized spacial score (nSPS) is 11.2. The molecule has 0 bridgehead atoms. The van der Waals surface area contributed by atoms with E-state index in [0.717, 1.165) is 18.0 Å². The number of hydrogen-bond acceptors (Lipinski definition) is 6. The van der Waals surface area contributed by atoms with Crippen LogP contribution in [0.3, 0.4) is 0 Å². The molecule has 8 nitrogen and oxygen atoms in total. The molecule has 0 atom stereocenters. The van der Waals surface area contributed by atoms with Gasteiger partial charge in [0.15, 0.2) is 0 Å². The Kier molecular flexibility index (Phi) is 6.17. The maximum absolute atomic E-state index is 12.4. The molecule has 1 amide bonds. The Bertz CT molecular complexity index is 1300. The molecule has 0 radical (unpaired) electrons. The van der Waals surface area contributed by atoms with Gasteiger partial charge in [0.1, 0.15) is 29.0 Å². The maximum atomic E-state index is 12.4. The minimum atomic E-state index is -4.79. The van der Waals surface area contributed by atoms with E-state index in [9.17, 15) is 18.0 Å². The minimum Gasteiger partial charge on any atom is -0.439 e. The Hall–Kier alpha value is -4.41. The highest BCUT2D eigenvalue weighted by atomic mass is 19.4. The van der Waals surface area contributed by atoms with E-state index in [1.54, 1.807) is 49.6 Å². The summed E-state index contributed by atoms with van der Waals surface area (Å²) in [5, 5.41) is 2.67. The number of halogens is 3. The topological polar surface area (TPSA) is 91.2 Å². The first kappa shape index (κ1) is 22.8. The lowest BCUT2D eigenvalue weighted by molar-refractivity contribution is -0.274. The molecule has 0 fully saturated rings. The fraction of sp³-hybridized carbons (Fsp3) is 0.130. The van der Waals surface area contributed by atoms with Crippen molar-refractivity contribution in [2.75, 3.05) is 5.32 Å². The highest BCUT2D eigenvalue weighted by Gasteiger charge is 2.31. The Morgan fingerprint density at radius 1 is 0.971 bits per heavy atom. The van der Waals surface area contributed by atoms with Crippen LogP contribution in [0.4, 0.5) is 18.9 Å². The van der Waals surface area contributed by atoms with Crippen molar-refractivity contribution in [2.24, 2.45) is 0 Å². The Morgan fingerprint density at radius 3 is 2.26 bits per heavy atom. The van der Waals surface area contributed by atoms with Crippen LogP contribution in [-0.2, 0) is 0 Å². The van der Waals surface area contributed by atoms with E-state index in [4.69, 9.17) is 4.74 Å². The van der Waals surface area contributed by atoms with Crippen LogP contribution < -0.4 is 14.8 Å². The van der Waals surface area contributed by atoms with Gasteiger partial charge in [-0.15, -0.1) is 13.2 Å². The second-order valence-electron chi connectivity index (χ2n) is 7.11. The molecule has 2 heterocycles. The van der Waals surface area contributed by atoms with Crippen LogP contribution in [0.15, 0.2) is 67.0 Å². The second kappa shape index (κ2) is 9.22. The van der Waals surface area contributed by atoms with Crippen LogP contribution >= 0.6 is 0 Å². The summed E-state index contributed by atoms with van der Waals surface area (Å²) in [6.45, 7) is 3.61. The lowest BCUT2D eigenvalue weighted by atomic mass is 10.2. The molecular formula is C23H18F3N5O3. The van der Waals surface area contributed by atoms with Crippen molar-refractivity contribution in [1.82, 2.24) is 19.5 Å². The summed E-state index contributed by atoms with van der Waals surface area (Å²) in [4.78, 5) is 25.2. The molecule has 0 unspecified atom stereocenters. The number of anilines is 1. The summed E-state index contributed by atoms with van der Waals surface area (Å²) in [6, 6.07) is 12.9. The van der Waals surface area contributed by atoms with E-state index in [1.165, 1.54) is 12.1 Å². The summed E-state index contributed by atoms with van der Waals surface area (Å²) < 4.78 is 48.2. The van der Waals surface area contributed by atoms with Crippen LogP contribution in [0, 0.1) is 13.8 Å². The van der Waals surface area contributed by atoms with Gasteiger partial charge in [0.05, 0.1) is 0 Å². The van der Waals surface area contributed by atoms with E-state index >= 15 is 0 Å². The van der Waals surface area contributed by atoms with Gasteiger partial charge in [-0.1, -0.05) is 0 Å². The third kappa shape index (κ3) is 5.68. The van der Waals surface area contributed by atoms with Crippen molar-refractivity contribution in [3.8, 4) is 23.2 Å². The highest BCUT2D eigenvalue weighted by molar-refractivity contribution is 6.04. The second-order valence-corrected chi connectivity index (χ2v) is 7.11. The van der Waals surface area contributed by atoms with Crippen LogP contribution in [0.2, 0.25) is 0 Å². The lowest BCUT2D eigenvalue weighted by Crippen LogP contribution is -2.17. The number of rotatable bonds is 6. The van der Waals surface area contributed by atoms with Crippen molar-refractivity contribution < 1.29 is 27.4 Å². The number of aromatic nitrogens is 4. The number of ether oxygens (including phenoxy) is 2. The van der Waals surface area contributed by atoms with Crippen LogP contribution in [0.25, 0.3) is 5.82 Å². The van der Waals surface area contributed by atoms with E-state index < -0.39 is 18.0 Å². The number of carbonyl (C=O) groups excluding carboxylic acids is 1. The van der Waals surface area contributed by atoms with Gasteiger partial charge in [0.25, 0.3) is 5.91 Å². The molecule has 4 rings (SSSR count). The molecule has 34 heavy (non-hydrogen) atoms. The standard InChI is InChI=1S/C23H18F3N5O3/c1-14-28-20(31-12-11-27-15(31)2)13-21(29-14)33-18-9-5-17(6-10-18)30-22(32)16-3-7-19(8-4-16)34-23(24,25)26/h3-13H,1-2H3,(H,30,32). The number of nitrogens with one attached hydrogen (secondary N) is 1. The van der Waals surface area contributed by atoms with Gasteiger partial charge in [-0.05, 0) is 62.4 Å². The van der Waals surface area contributed by atoms with Gasteiger partial charge >= 0.3 is 6.36 Å². The first-order valence-electron chi connectivity index (χ1n) is 9.97. The molecule has 0 aliphatic heterocycles. The van der Waals surface area contributed by atoms with Crippen molar-refractivity contribution in [3.63, 3.8) is 0 Å². The first-order valence-corrected chi connectivity index (χ1v) is 9.97. The maximum Gasteiger partial charge on any atom is 0.573 e. The largest absolute Gasteiger partial charge is 0.573 e. The molecule has 0 aliphatic rings. The zero-order valence-electron chi connectivity index (χ0n) is 18.0. The van der Waals surface area contributed by atoms with Gasteiger partial charge in [-0.3, -0.25) is 9.36 Å². The molecule has 2 aromatic carbocycles. The van der Waals surface area contributed by atoms with Crippen molar-refractivity contribution in [1.29, 1.82) is 0 Å². The molecular weight excluding hydrogens is 451 g/mol. The number of amides is 1. The van der Waals surface area contributed by atoms with Gasteiger partial charge in [-0.25, -0.2) is 9.97 Å². The van der Waals surface area contributed by atoms with Crippen LogP contribution in [0.1, 0.15) is 22.0 Å². The number of benzene rings is 2. The molecule has 0 saturated carbocycles. The first-order chi connectivity index (χ1) is 16.2. The third-order valence-electron chi connectivity index (χ3n) is 4.56. The van der Waals surface area contributed by atoms with Gasteiger partial charge < -0.3 is 14.8 Å².